The number of aliphatic hydroxyl groups excluding tert-OH is 2. The van der Waals surface area contributed by atoms with Crippen LogP contribution in [0.4, 0.5) is 0 Å². The summed E-state index contributed by atoms with van der Waals surface area (Å²) in [6.45, 7) is 2.26. The Balaban J connectivity index is 1.22. The van der Waals surface area contributed by atoms with Crippen LogP contribution in [0.3, 0.4) is 0 Å². The maximum atomic E-state index is 12.4. The fourth-order valence-corrected chi connectivity index (χ4v) is 6.63. The molecule has 2 fully saturated rings. The van der Waals surface area contributed by atoms with Crippen LogP contribution in [0.1, 0.15) is 92.4 Å². The highest BCUT2D eigenvalue weighted by atomic mass is 16.7. The highest BCUT2D eigenvalue weighted by Crippen LogP contribution is 2.39. The summed E-state index contributed by atoms with van der Waals surface area (Å²) in [5, 5.41) is 31.0. The van der Waals surface area contributed by atoms with E-state index in [2.05, 4.69) is 34.5 Å². The molecule has 10 heteroatoms. The summed E-state index contributed by atoms with van der Waals surface area (Å²) in [6, 6.07) is 24.4. The molecular weight excluding hydrogens is 610 g/mol. The molecule has 0 saturated carbocycles. The van der Waals surface area contributed by atoms with Crippen molar-refractivity contribution in [2.24, 2.45) is 0 Å². The van der Waals surface area contributed by atoms with Gasteiger partial charge in [-0.15, -0.1) is 0 Å². The summed E-state index contributed by atoms with van der Waals surface area (Å²) >= 11 is 0. The van der Waals surface area contributed by atoms with Crippen molar-refractivity contribution in [1.29, 1.82) is 0 Å². The van der Waals surface area contributed by atoms with Gasteiger partial charge in [0.05, 0.1) is 25.4 Å². The van der Waals surface area contributed by atoms with E-state index in [-0.39, 0.29) is 49.7 Å². The van der Waals surface area contributed by atoms with Gasteiger partial charge >= 0.3 is 0 Å². The summed E-state index contributed by atoms with van der Waals surface area (Å²) in [5.41, 5.74) is 7.51. The second kappa shape index (κ2) is 18.2. The molecule has 3 aromatic carbocycles. The molecule has 0 aliphatic carbocycles. The minimum Gasteiger partial charge on any atom is -0.395 e. The molecule has 0 bridgehead atoms. The lowest BCUT2D eigenvalue weighted by Crippen LogP contribution is -2.42. The van der Waals surface area contributed by atoms with Crippen molar-refractivity contribution in [2.75, 3.05) is 19.7 Å². The Labute approximate surface area is 283 Å². The Bertz CT molecular complexity index is 1470. The lowest BCUT2D eigenvalue weighted by molar-refractivity contribution is -0.253. The van der Waals surface area contributed by atoms with Gasteiger partial charge in [0.1, 0.15) is 0 Å². The Hall–Kier alpha value is -3.64. The molecule has 0 unspecified atom stereocenters. The van der Waals surface area contributed by atoms with Crippen molar-refractivity contribution >= 4 is 11.8 Å². The fourth-order valence-electron chi connectivity index (χ4n) is 6.63. The van der Waals surface area contributed by atoms with Crippen LogP contribution in [-0.4, -0.2) is 64.0 Å². The first kappa shape index (κ1) is 35.7. The molecule has 0 radical (unpaired) electrons. The van der Waals surface area contributed by atoms with E-state index in [9.17, 15) is 19.8 Å². The molecule has 2 aliphatic rings. The maximum Gasteiger partial charge on any atom is 0.243 e. The second-order valence-corrected chi connectivity index (χ2v) is 12.9. The molecule has 48 heavy (non-hydrogen) atoms. The quantitative estimate of drug-likeness (QED) is 0.0792. The van der Waals surface area contributed by atoms with E-state index in [4.69, 9.17) is 14.7 Å². The molecule has 2 aliphatic heterocycles. The van der Waals surface area contributed by atoms with Crippen LogP contribution >= 0.6 is 0 Å². The van der Waals surface area contributed by atoms with Crippen molar-refractivity contribution in [3.8, 4) is 11.1 Å². The number of ether oxygens (including phenoxy) is 2. The van der Waals surface area contributed by atoms with Crippen molar-refractivity contribution < 1.29 is 34.5 Å². The molecule has 2 saturated heterocycles. The first-order chi connectivity index (χ1) is 23.4. The van der Waals surface area contributed by atoms with Gasteiger partial charge in [-0.1, -0.05) is 73.5 Å². The Kier molecular flexibility index (Phi) is 13.5. The molecule has 3 aromatic rings. The number of hydroxylamine groups is 1. The standard InChI is InChI=1S/C38H49N3O7/c42-25-27-15-17-29(18-16-27)35-22-34(24-41-19-7-12-33(41)26-43)47-38(48-35)32-11-6-10-31(21-32)30-9-5-8-28(20-30)23-39-36(44)13-3-1-2-4-14-37(45)40-46/h5-6,8-11,15-18,20-21,33-35,38,42-43,46H,1-4,7,12-14,19,22-26H2,(H,39,44)(H,40,45)/t33-,34+,35-,38-/m0/s1. The molecule has 5 rings (SSSR count). The van der Waals surface area contributed by atoms with E-state index in [1.54, 1.807) is 5.48 Å². The minimum absolute atomic E-state index is 0.00329. The number of nitrogens with one attached hydrogen (secondary N) is 2. The van der Waals surface area contributed by atoms with Gasteiger partial charge in [-0.25, -0.2) is 5.48 Å². The van der Waals surface area contributed by atoms with E-state index >= 15 is 0 Å². The Morgan fingerprint density at radius 1 is 0.812 bits per heavy atom. The first-order valence-electron chi connectivity index (χ1n) is 17.2. The number of benzene rings is 3. The summed E-state index contributed by atoms with van der Waals surface area (Å²) in [4.78, 5) is 25.9. The second-order valence-electron chi connectivity index (χ2n) is 12.9. The highest BCUT2D eigenvalue weighted by Gasteiger charge is 2.35. The predicted molar refractivity (Wildman–Crippen MR) is 181 cm³/mol. The van der Waals surface area contributed by atoms with Crippen LogP contribution < -0.4 is 10.8 Å². The van der Waals surface area contributed by atoms with Crippen molar-refractivity contribution in [3.63, 3.8) is 0 Å². The van der Waals surface area contributed by atoms with Gasteiger partial charge in [-0.05, 0) is 72.2 Å². The van der Waals surface area contributed by atoms with Crippen LogP contribution in [-0.2, 0) is 32.2 Å². The molecule has 0 aromatic heterocycles. The van der Waals surface area contributed by atoms with E-state index in [0.717, 1.165) is 78.6 Å². The summed E-state index contributed by atoms with van der Waals surface area (Å²) in [7, 11) is 0. The van der Waals surface area contributed by atoms with Gasteiger partial charge in [-0.2, -0.15) is 0 Å². The average molecular weight is 660 g/mol. The summed E-state index contributed by atoms with van der Waals surface area (Å²) < 4.78 is 13.2. The van der Waals surface area contributed by atoms with Gasteiger partial charge in [-0.3, -0.25) is 19.7 Å². The van der Waals surface area contributed by atoms with Crippen LogP contribution in [0.15, 0.2) is 72.8 Å². The molecular formula is C38H49N3O7. The third-order valence-corrected chi connectivity index (χ3v) is 9.35. The van der Waals surface area contributed by atoms with Gasteiger partial charge in [0.15, 0.2) is 6.29 Å². The number of unbranched alkanes of at least 4 members (excludes halogenated alkanes) is 3. The normalized spacial score (nSPS) is 21.2. The SMILES string of the molecule is O=C(CCCCCCC(=O)NCc1cccc(-c2cccc([C@H]3O[C@@H](CN4CCC[C@H]4CO)C[C@@H](c4ccc(CO)cc4)O3)c2)c1)NO. The zero-order chi connectivity index (χ0) is 33.7. The molecule has 2 amide bonds. The van der Waals surface area contributed by atoms with E-state index in [0.29, 0.717) is 25.8 Å². The number of hydrogen-bond acceptors (Lipinski definition) is 8. The summed E-state index contributed by atoms with van der Waals surface area (Å²) in [6.07, 6.45) is 5.77. The lowest BCUT2D eigenvalue weighted by Gasteiger charge is -2.38. The largest absolute Gasteiger partial charge is 0.395 e. The van der Waals surface area contributed by atoms with Gasteiger partial charge in [0, 0.05) is 44.0 Å². The highest BCUT2D eigenvalue weighted by molar-refractivity contribution is 5.76. The summed E-state index contributed by atoms with van der Waals surface area (Å²) in [5.74, 6) is -0.386. The number of carbonyl (C=O) groups is 2. The Morgan fingerprint density at radius 3 is 2.27 bits per heavy atom. The Morgan fingerprint density at radius 2 is 1.54 bits per heavy atom. The van der Waals surface area contributed by atoms with Crippen LogP contribution in [0.5, 0.6) is 0 Å². The van der Waals surface area contributed by atoms with Crippen LogP contribution in [0, 0.1) is 0 Å². The van der Waals surface area contributed by atoms with Crippen molar-refractivity contribution in [2.45, 2.75) is 95.5 Å². The minimum atomic E-state index is -0.573. The molecule has 2 heterocycles. The molecule has 5 N–H and O–H groups in total. The number of aliphatic hydroxyl groups is 2. The third-order valence-electron chi connectivity index (χ3n) is 9.35. The van der Waals surface area contributed by atoms with Crippen molar-refractivity contribution in [1.82, 2.24) is 15.7 Å². The topological polar surface area (TPSA) is 141 Å². The van der Waals surface area contributed by atoms with Crippen LogP contribution in [0.2, 0.25) is 0 Å². The lowest BCUT2D eigenvalue weighted by atomic mass is 9.98. The average Bonchev–Trinajstić information content (AvgIpc) is 3.59. The fraction of sp³-hybridized carbons (Fsp3) is 0.474. The number of amides is 2. The molecule has 4 atom stereocenters. The number of carbonyl (C=O) groups excluding carboxylic acids is 2. The zero-order valence-electron chi connectivity index (χ0n) is 27.6. The number of rotatable bonds is 16. The number of nitrogens with zero attached hydrogens (tertiary/aromatic N) is 1. The van der Waals surface area contributed by atoms with Gasteiger partial charge in [0.25, 0.3) is 0 Å². The molecule has 258 valence electrons. The van der Waals surface area contributed by atoms with E-state index in [1.165, 1.54) is 0 Å². The third kappa shape index (κ3) is 10.2. The van der Waals surface area contributed by atoms with Gasteiger partial charge < -0.3 is 25.0 Å². The maximum absolute atomic E-state index is 12.4. The molecule has 10 nitrogen and oxygen atoms in total. The smallest absolute Gasteiger partial charge is 0.243 e. The zero-order valence-corrected chi connectivity index (χ0v) is 27.6. The first-order valence-corrected chi connectivity index (χ1v) is 17.2. The predicted octanol–water partition coefficient (Wildman–Crippen LogP) is 5.31. The van der Waals surface area contributed by atoms with E-state index < -0.39 is 6.29 Å². The van der Waals surface area contributed by atoms with E-state index in [1.807, 2.05) is 48.5 Å². The van der Waals surface area contributed by atoms with Crippen LogP contribution in [0.25, 0.3) is 11.1 Å². The molecule has 0 spiro atoms. The van der Waals surface area contributed by atoms with Gasteiger partial charge in [0.2, 0.25) is 11.8 Å². The number of hydrogen-bond donors (Lipinski definition) is 5. The monoisotopic (exact) mass is 659 g/mol. The van der Waals surface area contributed by atoms with Crippen molar-refractivity contribution in [3.05, 3.63) is 95.1 Å². The number of likely N-dealkylation sites (tertiary alicyclic amines) is 1.